The number of hydrogen-bond donors (Lipinski definition) is 1. The number of esters is 1. The zero-order chi connectivity index (χ0) is 26.1. The molecule has 0 saturated heterocycles. The van der Waals surface area contributed by atoms with E-state index in [-0.39, 0.29) is 16.7 Å². The summed E-state index contributed by atoms with van der Waals surface area (Å²) in [6, 6.07) is 17.0. The van der Waals surface area contributed by atoms with Crippen LogP contribution < -0.4 is 10.1 Å². The molecule has 0 spiro atoms. The van der Waals surface area contributed by atoms with E-state index < -0.39 is 12.0 Å². The molecule has 1 atom stereocenters. The summed E-state index contributed by atoms with van der Waals surface area (Å²) in [6.45, 7) is 9.18. The van der Waals surface area contributed by atoms with Gasteiger partial charge in [-0.2, -0.15) is 0 Å². The Morgan fingerprint density at radius 2 is 1.58 bits per heavy atom. The topological polar surface area (TPSA) is 64.6 Å². The quantitative estimate of drug-likeness (QED) is 0.384. The van der Waals surface area contributed by atoms with Crippen LogP contribution in [0.1, 0.15) is 66.9 Å². The van der Waals surface area contributed by atoms with Gasteiger partial charge < -0.3 is 14.8 Å². The van der Waals surface area contributed by atoms with E-state index in [1.165, 1.54) is 29.6 Å². The van der Waals surface area contributed by atoms with Gasteiger partial charge in [-0.25, -0.2) is 4.79 Å². The van der Waals surface area contributed by atoms with E-state index in [1.54, 1.807) is 13.2 Å². The Hall–Kier alpha value is -3.12. The molecule has 1 aromatic heterocycles. The summed E-state index contributed by atoms with van der Waals surface area (Å²) in [6.07, 6.45) is 2.61. The monoisotopic (exact) mass is 505 g/mol. The average Bonchev–Trinajstić information content (AvgIpc) is 3.36. The van der Waals surface area contributed by atoms with Crippen LogP contribution in [0.2, 0.25) is 0 Å². The van der Waals surface area contributed by atoms with Crippen LogP contribution in [-0.4, -0.2) is 32.1 Å². The molecule has 6 heteroatoms. The van der Waals surface area contributed by atoms with Gasteiger partial charge in [-0.3, -0.25) is 4.79 Å². The molecular formula is C30H35NO4S. The maximum absolute atomic E-state index is 13.1. The number of carbonyl (C=O) groups excluding carboxylic acids is 2. The molecule has 3 aromatic rings. The average molecular weight is 506 g/mol. The first kappa shape index (κ1) is 26.0. The molecule has 1 aliphatic rings. The first-order valence-corrected chi connectivity index (χ1v) is 13.1. The Morgan fingerprint density at radius 3 is 2.19 bits per heavy atom. The van der Waals surface area contributed by atoms with Crippen LogP contribution in [0.4, 0.5) is 0 Å². The predicted molar refractivity (Wildman–Crippen MR) is 145 cm³/mol. The standard InChI is InChI=1S/C30H35NO4S/c1-29(2)14-15-30(3,4)22-18-24(34-5)20(17-21(22)29)25-12-13-26(36-25)27(32)31-23(28(33)35-6)16-19-10-8-7-9-11-19/h7-13,17-18,23H,14-16H2,1-6H3,(H,31,32). The molecule has 0 saturated carbocycles. The minimum atomic E-state index is -0.767. The largest absolute Gasteiger partial charge is 0.496 e. The van der Waals surface area contributed by atoms with Gasteiger partial charge in [0.05, 0.1) is 19.1 Å². The lowest BCUT2D eigenvalue weighted by atomic mass is 9.63. The van der Waals surface area contributed by atoms with Crippen molar-refractivity contribution in [3.63, 3.8) is 0 Å². The van der Waals surface area contributed by atoms with Crippen LogP contribution in [0.5, 0.6) is 5.75 Å². The normalized spacial score (nSPS) is 16.5. The molecule has 5 nitrogen and oxygen atoms in total. The van der Waals surface area contributed by atoms with Crippen molar-refractivity contribution >= 4 is 23.2 Å². The van der Waals surface area contributed by atoms with Gasteiger partial charge >= 0.3 is 5.97 Å². The zero-order valence-electron chi connectivity index (χ0n) is 21.9. The highest BCUT2D eigenvalue weighted by Gasteiger charge is 2.38. The highest BCUT2D eigenvalue weighted by atomic mass is 32.1. The van der Waals surface area contributed by atoms with Crippen LogP contribution in [0.25, 0.3) is 10.4 Å². The molecule has 0 bridgehead atoms. The number of hydrogen-bond acceptors (Lipinski definition) is 5. The second-order valence-electron chi connectivity index (χ2n) is 10.8. The van der Waals surface area contributed by atoms with Gasteiger partial charge in [0.1, 0.15) is 11.8 Å². The summed E-state index contributed by atoms with van der Waals surface area (Å²) in [7, 11) is 3.03. The Morgan fingerprint density at radius 1 is 0.944 bits per heavy atom. The Bertz CT molecular complexity index is 1260. The molecule has 1 aliphatic carbocycles. The number of ether oxygens (including phenoxy) is 2. The first-order valence-electron chi connectivity index (χ1n) is 12.3. The third-order valence-electron chi connectivity index (χ3n) is 7.34. The molecule has 0 aliphatic heterocycles. The number of amides is 1. The van der Waals surface area contributed by atoms with E-state index in [1.807, 2.05) is 36.4 Å². The highest BCUT2D eigenvalue weighted by molar-refractivity contribution is 7.17. The predicted octanol–water partition coefficient (Wildman–Crippen LogP) is 6.29. The highest BCUT2D eigenvalue weighted by Crippen LogP contribution is 2.49. The summed E-state index contributed by atoms with van der Waals surface area (Å²) in [5, 5.41) is 2.87. The molecule has 4 rings (SSSR count). The number of rotatable bonds is 7. The molecular weight excluding hydrogens is 470 g/mol. The lowest BCUT2D eigenvalue weighted by molar-refractivity contribution is -0.142. The molecule has 2 aromatic carbocycles. The molecule has 0 radical (unpaired) electrons. The minimum absolute atomic E-state index is 0.0640. The number of methoxy groups -OCH3 is 2. The van der Waals surface area contributed by atoms with Gasteiger partial charge in [-0.15, -0.1) is 11.3 Å². The SMILES string of the molecule is COC(=O)C(Cc1ccccc1)NC(=O)c1ccc(-c2cc3c(cc2OC)C(C)(C)CCC3(C)C)s1. The van der Waals surface area contributed by atoms with Gasteiger partial charge in [0, 0.05) is 16.9 Å². The lowest BCUT2D eigenvalue weighted by Gasteiger charge is -2.42. The number of carbonyl (C=O) groups is 2. The first-order chi connectivity index (χ1) is 17.1. The van der Waals surface area contributed by atoms with Crippen molar-refractivity contribution in [2.45, 2.75) is 63.8 Å². The fourth-order valence-corrected chi connectivity index (χ4v) is 5.91. The van der Waals surface area contributed by atoms with E-state index >= 15 is 0 Å². The maximum atomic E-state index is 13.1. The van der Waals surface area contributed by atoms with Crippen LogP contribution in [0, 0.1) is 0 Å². The number of fused-ring (bicyclic) bond motifs is 1. The van der Waals surface area contributed by atoms with Crippen molar-refractivity contribution in [1.82, 2.24) is 5.32 Å². The van der Waals surface area contributed by atoms with Crippen molar-refractivity contribution in [3.05, 3.63) is 76.2 Å². The van der Waals surface area contributed by atoms with Gasteiger partial charge in [-0.05, 0) is 64.6 Å². The van der Waals surface area contributed by atoms with Crippen molar-refractivity contribution in [1.29, 1.82) is 0 Å². The molecule has 1 N–H and O–H groups in total. The maximum Gasteiger partial charge on any atom is 0.328 e. The van der Waals surface area contributed by atoms with Crippen LogP contribution in [0.15, 0.2) is 54.6 Å². The third-order valence-corrected chi connectivity index (χ3v) is 8.46. The lowest BCUT2D eigenvalue weighted by Crippen LogP contribution is -2.42. The summed E-state index contributed by atoms with van der Waals surface area (Å²) in [5.41, 5.74) is 4.75. The number of benzene rings is 2. The van der Waals surface area contributed by atoms with E-state index in [0.29, 0.717) is 11.3 Å². The minimum Gasteiger partial charge on any atom is -0.496 e. The second kappa shape index (κ2) is 10.1. The van der Waals surface area contributed by atoms with Crippen molar-refractivity contribution in [2.24, 2.45) is 0 Å². The van der Waals surface area contributed by atoms with Gasteiger partial charge in [-0.1, -0.05) is 58.0 Å². The van der Waals surface area contributed by atoms with Crippen molar-refractivity contribution in [2.75, 3.05) is 14.2 Å². The molecule has 0 fully saturated rings. The molecule has 1 heterocycles. The second-order valence-corrected chi connectivity index (χ2v) is 11.9. The van der Waals surface area contributed by atoms with E-state index in [2.05, 4.69) is 45.1 Å². The molecule has 190 valence electrons. The Balaban J connectivity index is 1.63. The molecule has 36 heavy (non-hydrogen) atoms. The summed E-state index contributed by atoms with van der Waals surface area (Å²) < 4.78 is 10.8. The molecule has 1 unspecified atom stereocenters. The number of thiophene rings is 1. The fourth-order valence-electron chi connectivity index (χ4n) is 4.97. The Kier molecular flexibility index (Phi) is 7.28. The van der Waals surface area contributed by atoms with Crippen LogP contribution in [0.3, 0.4) is 0 Å². The smallest absolute Gasteiger partial charge is 0.328 e. The molecule has 1 amide bonds. The van der Waals surface area contributed by atoms with Crippen molar-refractivity contribution in [3.8, 4) is 16.2 Å². The Labute approximate surface area is 217 Å². The van der Waals surface area contributed by atoms with Gasteiger partial charge in [0.15, 0.2) is 0 Å². The third kappa shape index (κ3) is 5.19. The van der Waals surface area contributed by atoms with E-state index in [9.17, 15) is 9.59 Å². The fraction of sp³-hybridized carbons (Fsp3) is 0.400. The number of nitrogens with one attached hydrogen (secondary N) is 1. The van der Waals surface area contributed by atoms with E-state index in [0.717, 1.165) is 34.6 Å². The summed E-state index contributed by atoms with van der Waals surface area (Å²) in [5.74, 6) is 0.0472. The van der Waals surface area contributed by atoms with E-state index in [4.69, 9.17) is 9.47 Å². The van der Waals surface area contributed by atoms with Crippen LogP contribution in [-0.2, 0) is 26.8 Å². The van der Waals surface area contributed by atoms with Crippen LogP contribution >= 0.6 is 11.3 Å². The summed E-state index contributed by atoms with van der Waals surface area (Å²) >= 11 is 1.40. The van der Waals surface area contributed by atoms with Crippen molar-refractivity contribution < 1.29 is 19.1 Å². The van der Waals surface area contributed by atoms with Gasteiger partial charge in [0.2, 0.25) is 0 Å². The van der Waals surface area contributed by atoms with Gasteiger partial charge in [0.25, 0.3) is 5.91 Å². The zero-order valence-corrected chi connectivity index (χ0v) is 22.8. The summed E-state index contributed by atoms with van der Waals surface area (Å²) in [4.78, 5) is 27.0.